The normalized spacial score (nSPS) is 20.4. The Balaban J connectivity index is 0.00000180. The van der Waals surface area contributed by atoms with E-state index in [0.29, 0.717) is 6.54 Å². The number of hydrogen-bond donors (Lipinski definition) is 2. The fraction of sp³-hybridized carbons (Fsp3) is 0.571. The van der Waals surface area contributed by atoms with Gasteiger partial charge in [0.05, 0.1) is 6.10 Å². The van der Waals surface area contributed by atoms with Crippen molar-refractivity contribution in [1.82, 2.24) is 10.2 Å². The second-order valence-electron chi connectivity index (χ2n) is 4.93. The molecule has 2 N–H and O–H groups in total. The van der Waals surface area contributed by atoms with Crippen molar-refractivity contribution >= 4 is 24.8 Å². The Morgan fingerprint density at radius 2 is 2.10 bits per heavy atom. The molecular formula is C14H24Cl2N2O2. The van der Waals surface area contributed by atoms with Crippen LogP contribution in [0.1, 0.15) is 12.5 Å². The van der Waals surface area contributed by atoms with Crippen molar-refractivity contribution in [2.75, 3.05) is 26.2 Å². The van der Waals surface area contributed by atoms with Gasteiger partial charge in [0.1, 0.15) is 5.75 Å². The Morgan fingerprint density at radius 1 is 1.40 bits per heavy atom. The molecule has 4 nitrogen and oxygen atoms in total. The number of nitrogens with zero attached hydrogens (tertiary/aromatic N) is 1. The van der Waals surface area contributed by atoms with Gasteiger partial charge in [0.2, 0.25) is 0 Å². The number of aliphatic hydroxyl groups excluding tert-OH is 1. The van der Waals surface area contributed by atoms with E-state index in [1.165, 1.54) is 0 Å². The number of rotatable bonds is 4. The highest BCUT2D eigenvalue weighted by atomic mass is 35.5. The number of nitrogens with one attached hydrogen (secondary N) is 1. The zero-order valence-electron chi connectivity index (χ0n) is 11.9. The molecule has 1 heterocycles. The Labute approximate surface area is 133 Å². The van der Waals surface area contributed by atoms with E-state index in [-0.39, 0.29) is 37.1 Å². The van der Waals surface area contributed by atoms with Crippen LogP contribution in [0.25, 0.3) is 0 Å². The van der Waals surface area contributed by atoms with E-state index >= 15 is 0 Å². The summed E-state index contributed by atoms with van der Waals surface area (Å²) in [5.74, 6) is 0.925. The molecule has 0 saturated carbocycles. The van der Waals surface area contributed by atoms with Crippen LogP contribution in [0.15, 0.2) is 24.3 Å². The van der Waals surface area contributed by atoms with Gasteiger partial charge in [-0.1, -0.05) is 18.2 Å². The molecule has 1 aromatic rings. The van der Waals surface area contributed by atoms with Gasteiger partial charge in [-0.2, -0.15) is 0 Å². The molecule has 2 atom stereocenters. The maximum absolute atomic E-state index is 9.42. The molecule has 1 aromatic carbocycles. The second kappa shape index (κ2) is 9.42. The average Bonchev–Trinajstić information content (AvgIpc) is 2.32. The van der Waals surface area contributed by atoms with Gasteiger partial charge in [-0.15, -0.1) is 24.8 Å². The predicted molar refractivity (Wildman–Crippen MR) is 86.2 cm³/mol. The first-order chi connectivity index (χ1) is 8.65. The van der Waals surface area contributed by atoms with Crippen LogP contribution in [-0.4, -0.2) is 48.5 Å². The topological polar surface area (TPSA) is 44.7 Å². The maximum Gasteiger partial charge on any atom is 0.163 e. The van der Waals surface area contributed by atoms with Gasteiger partial charge in [-0.3, -0.25) is 10.2 Å². The van der Waals surface area contributed by atoms with Gasteiger partial charge in [-0.05, 0) is 25.5 Å². The molecule has 0 amide bonds. The summed E-state index contributed by atoms with van der Waals surface area (Å²) in [5.41, 5.74) is 1.15. The number of para-hydroxylation sites is 1. The third kappa shape index (κ3) is 5.85. The number of halogens is 2. The monoisotopic (exact) mass is 322 g/mol. The molecule has 1 saturated heterocycles. The number of piperazine rings is 1. The summed E-state index contributed by atoms with van der Waals surface area (Å²) >= 11 is 0. The zero-order chi connectivity index (χ0) is 13.0. The standard InChI is InChI=1S/C14H22N2O2.2ClH/c1-11-5-3-4-6-13(11)18-14-10-16(8-7-15-14)9-12(2)17;;/h3-6,12,14-15,17H,7-10H2,1-2H3;2*1H. The molecule has 0 aromatic heterocycles. The lowest BCUT2D eigenvalue weighted by atomic mass is 10.2. The molecule has 116 valence electrons. The quantitative estimate of drug-likeness (QED) is 0.887. The molecular weight excluding hydrogens is 299 g/mol. The zero-order valence-corrected chi connectivity index (χ0v) is 13.5. The second-order valence-corrected chi connectivity index (χ2v) is 4.93. The summed E-state index contributed by atoms with van der Waals surface area (Å²) in [4.78, 5) is 2.23. The molecule has 0 radical (unpaired) electrons. The predicted octanol–water partition coefficient (Wildman–Crippen LogP) is 1.83. The van der Waals surface area contributed by atoms with Gasteiger partial charge in [0.15, 0.2) is 6.23 Å². The van der Waals surface area contributed by atoms with Gasteiger partial charge in [-0.25, -0.2) is 0 Å². The molecule has 2 unspecified atom stereocenters. The first-order valence-electron chi connectivity index (χ1n) is 6.51. The molecule has 20 heavy (non-hydrogen) atoms. The SMILES string of the molecule is Cc1ccccc1OC1CN(CC(C)O)CCN1.Cl.Cl. The van der Waals surface area contributed by atoms with Crippen LogP contribution in [0.3, 0.4) is 0 Å². The Bertz CT molecular complexity index is 391. The van der Waals surface area contributed by atoms with Gasteiger partial charge >= 0.3 is 0 Å². The van der Waals surface area contributed by atoms with Crippen LogP contribution < -0.4 is 10.1 Å². The maximum atomic E-state index is 9.42. The highest BCUT2D eigenvalue weighted by Gasteiger charge is 2.21. The number of β-amino-alcohol motifs (C(OH)–C–C–N with tert-alkyl or cyclic N) is 1. The first-order valence-corrected chi connectivity index (χ1v) is 6.51. The Hall–Kier alpha value is -0.520. The Kier molecular flexibility index (Phi) is 9.18. The summed E-state index contributed by atoms with van der Waals surface area (Å²) in [6.07, 6.45) is -0.291. The summed E-state index contributed by atoms with van der Waals surface area (Å²) in [6.45, 7) is 7.22. The molecule has 0 spiro atoms. The molecule has 0 aliphatic carbocycles. The number of ether oxygens (including phenoxy) is 1. The minimum Gasteiger partial charge on any atom is -0.474 e. The molecule has 1 fully saturated rings. The molecule has 1 aliphatic heterocycles. The fourth-order valence-corrected chi connectivity index (χ4v) is 2.23. The Morgan fingerprint density at radius 3 is 2.75 bits per heavy atom. The van der Waals surface area contributed by atoms with Gasteiger partial charge < -0.3 is 9.84 Å². The number of hydrogen-bond acceptors (Lipinski definition) is 4. The summed E-state index contributed by atoms with van der Waals surface area (Å²) < 4.78 is 5.96. The number of benzene rings is 1. The van der Waals surface area contributed by atoms with Crippen molar-refractivity contribution in [1.29, 1.82) is 0 Å². The van der Waals surface area contributed by atoms with E-state index < -0.39 is 0 Å². The van der Waals surface area contributed by atoms with Crippen molar-refractivity contribution in [3.8, 4) is 5.75 Å². The lowest BCUT2D eigenvalue weighted by Gasteiger charge is -2.34. The average molecular weight is 323 g/mol. The number of aliphatic hydroxyl groups is 1. The first kappa shape index (κ1) is 19.5. The number of aryl methyl sites for hydroxylation is 1. The van der Waals surface area contributed by atoms with Crippen molar-refractivity contribution in [3.05, 3.63) is 29.8 Å². The van der Waals surface area contributed by atoms with Crippen molar-refractivity contribution < 1.29 is 9.84 Å². The van der Waals surface area contributed by atoms with Crippen molar-refractivity contribution in [2.45, 2.75) is 26.2 Å². The lowest BCUT2D eigenvalue weighted by Crippen LogP contribution is -2.54. The summed E-state index contributed by atoms with van der Waals surface area (Å²) in [5, 5.41) is 12.8. The van der Waals surface area contributed by atoms with E-state index in [1.807, 2.05) is 38.1 Å². The van der Waals surface area contributed by atoms with E-state index in [2.05, 4.69) is 10.2 Å². The van der Waals surface area contributed by atoms with Crippen LogP contribution in [0.5, 0.6) is 5.75 Å². The van der Waals surface area contributed by atoms with E-state index in [0.717, 1.165) is 30.9 Å². The molecule has 1 aliphatic rings. The van der Waals surface area contributed by atoms with Crippen LogP contribution in [-0.2, 0) is 0 Å². The van der Waals surface area contributed by atoms with E-state index in [1.54, 1.807) is 0 Å². The third-order valence-corrected chi connectivity index (χ3v) is 3.11. The highest BCUT2D eigenvalue weighted by Crippen LogP contribution is 2.18. The molecule has 2 rings (SSSR count). The largest absolute Gasteiger partial charge is 0.474 e. The van der Waals surface area contributed by atoms with Crippen molar-refractivity contribution in [2.24, 2.45) is 0 Å². The van der Waals surface area contributed by atoms with E-state index in [9.17, 15) is 5.11 Å². The third-order valence-electron chi connectivity index (χ3n) is 3.11. The minimum absolute atomic E-state index is 0. The van der Waals surface area contributed by atoms with Crippen LogP contribution in [0.4, 0.5) is 0 Å². The highest BCUT2D eigenvalue weighted by molar-refractivity contribution is 5.85. The lowest BCUT2D eigenvalue weighted by molar-refractivity contribution is 0.0459. The van der Waals surface area contributed by atoms with Gasteiger partial charge in [0.25, 0.3) is 0 Å². The van der Waals surface area contributed by atoms with Crippen LogP contribution in [0, 0.1) is 6.92 Å². The molecule has 0 bridgehead atoms. The summed E-state index contributed by atoms with van der Waals surface area (Å²) in [7, 11) is 0. The van der Waals surface area contributed by atoms with Gasteiger partial charge in [0, 0.05) is 26.2 Å². The summed E-state index contributed by atoms with van der Waals surface area (Å²) in [6, 6.07) is 8.03. The van der Waals surface area contributed by atoms with Crippen LogP contribution >= 0.6 is 24.8 Å². The minimum atomic E-state index is -0.290. The fourth-order valence-electron chi connectivity index (χ4n) is 2.23. The van der Waals surface area contributed by atoms with E-state index in [4.69, 9.17) is 4.74 Å². The molecule has 6 heteroatoms. The van der Waals surface area contributed by atoms with Crippen molar-refractivity contribution in [3.63, 3.8) is 0 Å². The smallest absolute Gasteiger partial charge is 0.163 e. The van der Waals surface area contributed by atoms with Crippen LogP contribution in [0.2, 0.25) is 0 Å².